The number of sulfonamides is 1. The smallest absolute Gasteiger partial charge is 0.389 e. The van der Waals surface area contributed by atoms with Crippen LogP contribution in [0.4, 0.5) is 13.2 Å². The number of alkyl halides is 3. The summed E-state index contributed by atoms with van der Waals surface area (Å²) in [6.07, 6.45) is -6.08. The Morgan fingerprint density at radius 2 is 2.00 bits per heavy atom. The van der Waals surface area contributed by atoms with E-state index >= 15 is 0 Å². The van der Waals surface area contributed by atoms with Crippen LogP contribution in [-0.2, 0) is 10.0 Å². The van der Waals surface area contributed by atoms with Crippen LogP contribution in [-0.4, -0.2) is 48.8 Å². The zero-order valence-corrected chi connectivity index (χ0v) is 10.8. The van der Waals surface area contributed by atoms with Gasteiger partial charge in [-0.3, -0.25) is 0 Å². The highest BCUT2D eigenvalue weighted by atomic mass is 32.2. The van der Waals surface area contributed by atoms with Crippen LogP contribution < -0.4 is 5.73 Å². The molecular weight excluding hydrogens is 275 g/mol. The topological polar surface area (TPSA) is 96.0 Å². The number of rotatable bonds is 6. The summed E-state index contributed by atoms with van der Waals surface area (Å²) in [6, 6.07) is -0.925. The highest BCUT2D eigenvalue weighted by Gasteiger charge is 2.30. The Morgan fingerprint density at radius 1 is 1.50 bits per heavy atom. The molecule has 0 rings (SSSR count). The summed E-state index contributed by atoms with van der Waals surface area (Å²) < 4.78 is 59.7. The lowest BCUT2D eigenvalue weighted by Crippen LogP contribution is -2.44. The predicted octanol–water partition coefficient (Wildman–Crippen LogP) is 0.725. The Labute approximate surface area is 103 Å². The van der Waals surface area contributed by atoms with E-state index in [0.717, 1.165) is 11.4 Å². The van der Waals surface area contributed by atoms with Gasteiger partial charge in [0.15, 0.2) is 5.84 Å². The first kappa shape index (κ1) is 17.0. The molecular formula is C8H16F3N3O3S. The van der Waals surface area contributed by atoms with E-state index in [0.29, 0.717) is 0 Å². The minimum absolute atomic E-state index is 0.336. The lowest BCUT2D eigenvalue weighted by Gasteiger charge is -2.23. The normalized spacial score (nSPS) is 16.0. The molecule has 0 bridgehead atoms. The van der Waals surface area contributed by atoms with Gasteiger partial charge in [0.1, 0.15) is 0 Å². The van der Waals surface area contributed by atoms with E-state index in [2.05, 4.69) is 5.16 Å². The lowest BCUT2D eigenvalue weighted by atomic mass is 10.3. The fourth-order valence-corrected chi connectivity index (χ4v) is 2.50. The van der Waals surface area contributed by atoms with Crippen LogP contribution in [0.5, 0.6) is 0 Å². The second-order valence-electron chi connectivity index (χ2n) is 3.75. The SMILES string of the molecule is CC(C(N)=NO)N(C)S(=O)(=O)CCCC(F)(F)F. The van der Waals surface area contributed by atoms with E-state index in [9.17, 15) is 21.6 Å². The average Bonchev–Trinajstić information content (AvgIpc) is 2.23. The van der Waals surface area contributed by atoms with E-state index in [1.54, 1.807) is 0 Å². The maximum atomic E-state index is 11.9. The minimum Gasteiger partial charge on any atom is -0.409 e. The van der Waals surface area contributed by atoms with Gasteiger partial charge in [0, 0.05) is 13.5 Å². The minimum atomic E-state index is -4.38. The van der Waals surface area contributed by atoms with Crippen molar-refractivity contribution in [3.8, 4) is 0 Å². The molecule has 1 unspecified atom stereocenters. The van der Waals surface area contributed by atoms with Crippen molar-refractivity contribution in [1.82, 2.24) is 4.31 Å². The largest absolute Gasteiger partial charge is 0.409 e. The van der Waals surface area contributed by atoms with Crippen molar-refractivity contribution >= 4 is 15.9 Å². The monoisotopic (exact) mass is 291 g/mol. The molecule has 0 aliphatic carbocycles. The Kier molecular flexibility index (Phi) is 5.87. The van der Waals surface area contributed by atoms with Crippen LogP contribution in [0.25, 0.3) is 0 Å². The van der Waals surface area contributed by atoms with Crippen molar-refractivity contribution in [3.05, 3.63) is 0 Å². The molecule has 0 saturated heterocycles. The molecule has 108 valence electrons. The number of nitrogens with zero attached hydrogens (tertiary/aromatic N) is 2. The highest BCUT2D eigenvalue weighted by molar-refractivity contribution is 7.89. The van der Waals surface area contributed by atoms with Crippen molar-refractivity contribution < 1.29 is 26.8 Å². The van der Waals surface area contributed by atoms with E-state index < -0.39 is 40.8 Å². The van der Waals surface area contributed by atoms with Crippen LogP contribution in [0.2, 0.25) is 0 Å². The number of hydrogen-bond donors (Lipinski definition) is 2. The molecule has 0 amide bonds. The molecule has 0 aliphatic heterocycles. The zero-order chi connectivity index (χ0) is 14.6. The predicted molar refractivity (Wildman–Crippen MR) is 59.7 cm³/mol. The fourth-order valence-electron chi connectivity index (χ4n) is 1.11. The molecule has 0 aliphatic rings. The summed E-state index contributed by atoms with van der Waals surface area (Å²) in [5.41, 5.74) is 5.23. The summed E-state index contributed by atoms with van der Waals surface area (Å²) >= 11 is 0. The molecule has 6 nitrogen and oxygen atoms in total. The molecule has 1 atom stereocenters. The Hall–Kier alpha value is -1.03. The molecule has 10 heteroatoms. The Morgan fingerprint density at radius 3 is 2.39 bits per heavy atom. The fraction of sp³-hybridized carbons (Fsp3) is 0.875. The molecule has 0 spiro atoms. The van der Waals surface area contributed by atoms with Gasteiger partial charge in [-0.2, -0.15) is 17.5 Å². The van der Waals surface area contributed by atoms with Crippen molar-refractivity contribution in [2.45, 2.75) is 32.0 Å². The number of hydrogen-bond acceptors (Lipinski definition) is 4. The number of oxime groups is 1. The van der Waals surface area contributed by atoms with Crippen molar-refractivity contribution in [2.24, 2.45) is 10.9 Å². The van der Waals surface area contributed by atoms with Gasteiger partial charge in [0.05, 0.1) is 11.8 Å². The summed E-state index contributed by atoms with van der Waals surface area (Å²) in [5, 5.41) is 11.0. The average molecular weight is 291 g/mol. The molecule has 3 N–H and O–H groups in total. The summed E-state index contributed by atoms with van der Waals surface area (Å²) in [7, 11) is -2.72. The van der Waals surface area contributed by atoms with Crippen LogP contribution in [0, 0.1) is 0 Å². The molecule has 0 fully saturated rings. The molecule has 0 radical (unpaired) electrons. The van der Waals surface area contributed by atoms with Crippen LogP contribution in [0.1, 0.15) is 19.8 Å². The van der Waals surface area contributed by atoms with Crippen molar-refractivity contribution in [2.75, 3.05) is 12.8 Å². The quantitative estimate of drug-likeness (QED) is 0.326. The number of amidine groups is 1. The molecule has 18 heavy (non-hydrogen) atoms. The van der Waals surface area contributed by atoms with Crippen LogP contribution in [0.15, 0.2) is 5.16 Å². The third-order valence-electron chi connectivity index (χ3n) is 2.39. The Bertz CT molecular complexity index is 394. The van der Waals surface area contributed by atoms with Crippen molar-refractivity contribution in [1.29, 1.82) is 0 Å². The molecule has 0 heterocycles. The second-order valence-corrected chi connectivity index (χ2v) is 5.90. The Balaban J connectivity index is 4.55. The van der Waals surface area contributed by atoms with Gasteiger partial charge in [-0.05, 0) is 13.3 Å². The van der Waals surface area contributed by atoms with Gasteiger partial charge in [-0.25, -0.2) is 8.42 Å². The molecule has 0 aromatic carbocycles. The van der Waals surface area contributed by atoms with Crippen LogP contribution >= 0.6 is 0 Å². The van der Waals surface area contributed by atoms with Gasteiger partial charge in [0.2, 0.25) is 10.0 Å². The highest BCUT2D eigenvalue weighted by Crippen LogP contribution is 2.22. The maximum Gasteiger partial charge on any atom is 0.389 e. The summed E-state index contributed by atoms with van der Waals surface area (Å²) in [4.78, 5) is 0. The zero-order valence-electron chi connectivity index (χ0n) is 9.98. The third-order valence-corrected chi connectivity index (χ3v) is 4.39. The van der Waals surface area contributed by atoms with Crippen LogP contribution in [0.3, 0.4) is 0 Å². The first-order valence-corrected chi connectivity index (χ1v) is 6.62. The summed E-state index contributed by atoms with van der Waals surface area (Å²) in [6.45, 7) is 1.36. The number of likely N-dealkylation sites (N-methyl/N-ethyl adjacent to an activating group) is 1. The first-order chi connectivity index (χ1) is 8.01. The van der Waals surface area contributed by atoms with Gasteiger partial charge in [-0.1, -0.05) is 5.16 Å². The summed E-state index contributed by atoms with van der Waals surface area (Å²) in [5.74, 6) is -0.983. The van der Waals surface area contributed by atoms with Crippen molar-refractivity contribution in [3.63, 3.8) is 0 Å². The third kappa shape index (κ3) is 5.54. The number of halogens is 3. The van der Waals surface area contributed by atoms with Gasteiger partial charge in [0.25, 0.3) is 0 Å². The first-order valence-electron chi connectivity index (χ1n) is 5.01. The standard InChI is InChI=1S/C8H16F3N3O3S/c1-6(7(12)13-15)14(2)18(16,17)5-3-4-8(9,10)11/h6,15H,3-5H2,1-2H3,(H2,12,13). The van der Waals surface area contributed by atoms with E-state index in [-0.39, 0.29) is 5.84 Å². The van der Waals surface area contributed by atoms with E-state index in [1.165, 1.54) is 6.92 Å². The van der Waals surface area contributed by atoms with Gasteiger partial charge < -0.3 is 10.9 Å². The number of nitrogens with two attached hydrogens (primary N) is 1. The molecule has 0 aromatic heterocycles. The lowest BCUT2D eigenvalue weighted by molar-refractivity contribution is -0.134. The second kappa shape index (κ2) is 6.23. The molecule has 0 saturated carbocycles. The maximum absolute atomic E-state index is 11.9. The van der Waals surface area contributed by atoms with Gasteiger partial charge in [-0.15, -0.1) is 0 Å². The van der Waals surface area contributed by atoms with E-state index in [1.807, 2.05) is 0 Å². The van der Waals surface area contributed by atoms with Gasteiger partial charge >= 0.3 is 6.18 Å². The molecule has 0 aromatic rings. The van der Waals surface area contributed by atoms with E-state index in [4.69, 9.17) is 10.9 Å².